The third-order valence-corrected chi connectivity index (χ3v) is 3.47. The zero-order valence-corrected chi connectivity index (χ0v) is 8.17. The maximum Gasteiger partial charge on any atom is 0.151 e. The van der Waals surface area contributed by atoms with Crippen molar-refractivity contribution in [2.45, 2.75) is 18.1 Å². The van der Waals surface area contributed by atoms with E-state index in [4.69, 9.17) is 0 Å². The topological polar surface area (TPSA) is 46.2 Å². The minimum absolute atomic E-state index is 0. The molecular formula is C6H14ClNO2S. The van der Waals surface area contributed by atoms with Crippen molar-refractivity contribution in [3.05, 3.63) is 0 Å². The molecule has 0 radical (unpaired) electrons. The molecule has 3 nitrogen and oxygen atoms in total. The maximum absolute atomic E-state index is 10.9. The number of hydrogen-bond acceptors (Lipinski definition) is 3. The van der Waals surface area contributed by atoms with Crippen molar-refractivity contribution in [1.82, 2.24) is 5.32 Å². The summed E-state index contributed by atoms with van der Waals surface area (Å²) >= 11 is 0. The fraction of sp³-hybridized carbons (Fsp3) is 1.00. The van der Waals surface area contributed by atoms with Crippen molar-refractivity contribution in [3.63, 3.8) is 0 Å². The van der Waals surface area contributed by atoms with E-state index in [9.17, 15) is 8.42 Å². The molecule has 0 aromatic rings. The minimum atomic E-state index is -2.79. The van der Waals surface area contributed by atoms with Gasteiger partial charge in [0.05, 0.1) is 5.25 Å². The highest BCUT2D eigenvalue weighted by molar-refractivity contribution is 7.91. The SMILES string of the molecule is CS(=O)(=O)C1CCCNC1.Cl. The first-order valence-electron chi connectivity index (χ1n) is 3.50. The van der Waals surface area contributed by atoms with Crippen LogP contribution >= 0.6 is 12.4 Å². The van der Waals surface area contributed by atoms with Crippen molar-refractivity contribution in [1.29, 1.82) is 0 Å². The van der Waals surface area contributed by atoms with Crippen LogP contribution in [0.3, 0.4) is 0 Å². The Balaban J connectivity index is 0.000001000. The Hall–Kier alpha value is 0.200. The Morgan fingerprint density at radius 2 is 2.09 bits per heavy atom. The highest BCUT2D eigenvalue weighted by Gasteiger charge is 2.22. The molecule has 0 aromatic heterocycles. The van der Waals surface area contributed by atoms with Crippen LogP contribution in [-0.4, -0.2) is 33.0 Å². The lowest BCUT2D eigenvalue weighted by Crippen LogP contribution is -2.38. The average Bonchev–Trinajstić information content (AvgIpc) is 1.88. The van der Waals surface area contributed by atoms with E-state index >= 15 is 0 Å². The number of sulfone groups is 1. The molecule has 1 saturated heterocycles. The highest BCUT2D eigenvalue weighted by Crippen LogP contribution is 2.09. The number of hydrogen-bond donors (Lipinski definition) is 1. The van der Waals surface area contributed by atoms with Crippen molar-refractivity contribution in [3.8, 4) is 0 Å². The largest absolute Gasteiger partial charge is 0.315 e. The van der Waals surface area contributed by atoms with Crippen LogP contribution in [0, 0.1) is 0 Å². The number of halogens is 1. The highest BCUT2D eigenvalue weighted by atomic mass is 35.5. The number of rotatable bonds is 1. The summed E-state index contributed by atoms with van der Waals surface area (Å²) in [5.41, 5.74) is 0. The molecule has 0 spiro atoms. The molecule has 1 rings (SSSR count). The predicted octanol–water partition coefficient (Wildman–Crippen LogP) is 0.205. The van der Waals surface area contributed by atoms with Crippen molar-refractivity contribution in [2.24, 2.45) is 0 Å². The Labute approximate surface area is 73.9 Å². The monoisotopic (exact) mass is 199 g/mol. The van der Waals surface area contributed by atoms with Crippen LogP contribution in [0.15, 0.2) is 0 Å². The second kappa shape index (κ2) is 4.28. The van der Waals surface area contributed by atoms with Crippen molar-refractivity contribution < 1.29 is 8.42 Å². The first kappa shape index (κ1) is 11.2. The van der Waals surface area contributed by atoms with E-state index in [2.05, 4.69) is 5.32 Å². The van der Waals surface area contributed by atoms with Gasteiger partial charge in [-0.2, -0.15) is 0 Å². The molecular weight excluding hydrogens is 186 g/mol. The van der Waals surface area contributed by atoms with Gasteiger partial charge in [-0.05, 0) is 19.4 Å². The molecule has 0 saturated carbocycles. The van der Waals surface area contributed by atoms with Crippen LogP contribution in [0.1, 0.15) is 12.8 Å². The normalized spacial score (nSPS) is 25.7. The molecule has 1 N–H and O–H groups in total. The number of piperidine rings is 1. The second-order valence-corrected chi connectivity index (χ2v) is 5.12. The third kappa shape index (κ3) is 3.40. The first-order chi connectivity index (χ1) is 4.61. The van der Waals surface area contributed by atoms with E-state index in [1.807, 2.05) is 0 Å². The molecule has 0 aliphatic carbocycles. The summed E-state index contributed by atoms with van der Waals surface area (Å²) in [6.45, 7) is 1.60. The van der Waals surface area contributed by atoms with Gasteiger partial charge >= 0.3 is 0 Å². The minimum Gasteiger partial charge on any atom is -0.315 e. The van der Waals surface area contributed by atoms with Crippen molar-refractivity contribution >= 4 is 22.2 Å². The van der Waals surface area contributed by atoms with E-state index in [-0.39, 0.29) is 17.7 Å². The Morgan fingerprint density at radius 3 is 2.36 bits per heavy atom. The summed E-state index contributed by atoms with van der Waals surface area (Å²) in [4.78, 5) is 0. The smallest absolute Gasteiger partial charge is 0.151 e. The molecule has 1 aliphatic rings. The van der Waals surface area contributed by atoms with E-state index in [1.165, 1.54) is 6.26 Å². The maximum atomic E-state index is 10.9. The fourth-order valence-corrected chi connectivity index (χ4v) is 2.20. The zero-order chi connectivity index (χ0) is 7.61. The van der Waals surface area contributed by atoms with Gasteiger partial charge in [0.15, 0.2) is 9.84 Å². The summed E-state index contributed by atoms with van der Waals surface area (Å²) in [5.74, 6) is 0. The van der Waals surface area contributed by atoms with E-state index in [0.717, 1.165) is 19.4 Å². The average molecular weight is 200 g/mol. The standard InChI is InChI=1S/C6H13NO2S.ClH/c1-10(8,9)6-3-2-4-7-5-6;/h6-7H,2-5H2,1H3;1H. The van der Waals surface area contributed by atoms with Crippen LogP contribution in [0.5, 0.6) is 0 Å². The van der Waals surface area contributed by atoms with E-state index < -0.39 is 9.84 Å². The van der Waals surface area contributed by atoms with Crippen LogP contribution in [0.25, 0.3) is 0 Å². The van der Waals surface area contributed by atoms with E-state index in [0.29, 0.717) is 6.54 Å². The molecule has 0 bridgehead atoms. The fourth-order valence-electron chi connectivity index (χ4n) is 1.19. The van der Waals surface area contributed by atoms with Crippen molar-refractivity contribution in [2.75, 3.05) is 19.3 Å². The molecule has 1 unspecified atom stereocenters. The molecule has 1 heterocycles. The molecule has 1 aliphatic heterocycles. The first-order valence-corrected chi connectivity index (χ1v) is 5.46. The van der Waals surface area contributed by atoms with Gasteiger partial charge in [0.25, 0.3) is 0 Å². The van der Waals surface area contributed by atoms with E-state index in [1.54, 1.807) is 0 Å². The van der Waals surface area contributed by atoms with Gasteiger partial charge in [-0.1, -0.05) is 0 Å². The summed E-state index contributed by atoms with van der Waals surface area (Å²) in [5, 5.41) is 2.92. The lowest BCUT2D eigenvalue weighted by molar-refractivity contribution is 0.499. The van der Waals surface area contributed by atoms with Crippen LogP contribution < -0.4 is 5.32 Å². The summed E-state index contributed by atoms with van der Waals surface area (Å²) < 4.78 is 21.9. The molecule has 0 amide bonds. The molecule has 1 fully saturated rings. The summed E-state index contributed by atoms with van der Waals surface area (Å²) in [7, 11) is -2.79. The zero-order valence-electron chi connectivity index (χ0n) is 6.54. The number of nitrogens with one attached hydrogen (secondary N) is 1. The van der Waals surface area contributed by atoms with Gasteiger partial charge in [0.1, 0.15) is 0 Å². The van der Waals surface area contributed by atoms with Gasteiger partial charge in [-0.25, -0.2) is 8.42 Å². The lowest BCUT2D eigenvalue weighted by Gasteiger charge is -2.20. The summed E-state index contributed by atoms with van der Waals surface area (Å²) in [6.07, 6.45) is 3.12. The Morgan fingerprint density at radius 1 is 1.45 bits per heavy atom. The Bertz CT molecular complexity index is 197. The summed E-state index contributed by atoms with van der Waals surface area (Å²) in [6, 6.07) is 0. The third-order valence-electron chi connectivity index (χ3n) is 1.86. The predicted molar refractivity (Wildman–Crippen MR) is 48.0 cm³/mol. The van der Waals surface area contributed by atoms with Gasteiger partial charge in [0.2, 0.25) is 0 Å². The van der Waals surface area contributed by atoms with Crippen LogP contribution in [0.4, 0.5) is 0 Å². The molecule has 1 atom stereocenters. The molecule has 68 valence electrons. The Kier molecular flexibility index (Phi) is 4.36. The van der Waals surface area contributed by atoms with Crippen LogP contribution in [-0.2, 0) is 9.84 Å². The molecule has 0 aromatic carbocycles. The second-order valence-electron chi connectivity index (χ2n) is 2.80. The molecule has 11 heavy (non-hydrogen) atoms. The quantitative estimate of drug-likeness (QED) is 0.657. The van der Waals surface area contributed by atoms with Gasteiger partial charge < -0.3 is 5.32 Å². The molecule has 5 heteroatoms. The van der Waals surface area contributed by atoms with Gasteiger partial charge in [0, 0.05) is 12.8 Å². The van der Waals surface area contributed by atoms with Gasteiger partial charge in [-0.3, -0.25) is 0 Å². The van der Waals surface area contributed by atoms with Gasteiger partial charge in [-0.15, -0.1) is 12.4 Å². The van der Waals surface area contributed by atoms with Crippen LogP contribution in [0.2, 0.25) is 0 Å². The lowest BCUT2D eigenvalue weighted by atomic mass is 10.2.